The molecule has 2 rings (SSSR count). The number of rotatable bonds is 3. The van der Waals surface area contributed by atoms with Gasteiger partial charge in [0.1, 0.15) is 0 Å². The van der Waals surface area contributed by atoms with E-state index in [4.69, 9.17) is 4.74 Å². The van der Waals surface area contributed by atoms with Gasteiger partial charge in [0, 0.05) is 6.61 Å². The highest BCUT2D eigenvalue weighted by atomic mass is 16.5. The van der Waals surface area contributed by atoms with Gasteiger partial charge in [-0.05, 0) is 63.2 Å². The molecule has 1 nitrogen and oxygen atoms in total. The van der Waals surface area contributed by atoms with Crippen LogP contribution in [0.5, 0.6) is 0 Å². The van der Waals surface area contributed by atoms with Crippen LogP contribution in [-0.2, 0) is 4.74 Å². The highest BCUT2D eigenvalue weighted by Crippen LogP contribution is 2.59. The first-order valence-corrected chi connectivity index (χ1v) is 6.61. The van der Waals surface area contributed by atoms with Crippen LogP contribution in [-0.4, -0.2) is 12.2 Å². The summed E-state index contributed by atoms with van der Waals surface area (Å²) in [6, 6.07) is 0. The van der Waals surface area contributed by atoms with Crippen LogP contribution in [0.4, 0.5) is 0 Å². The zero-order chi connectivity index (χ0) is 11.2. The largest absolute Gasteiger partial charge is 0.376 e. The summed E-state index contributed by atoms with van der Waals surface area (Å²) < 4.78 is 5.95. The molecule has 2 aliphatic rings. The van der Waals surface area contributed by atoms with Crippen molar-refractivity contribution in [3.63, 3.8) is 0 Å². The van der Waals surface area contributed by atoms with E-state index < -0.39 is 0 Å². The van der Waals surface area contributed by atoms with Gasteiger partial charge in [-0.15, -0.1) is 0 Å². The van der Waals surface area contributed by atoms with Crippen LogP contribution in [0.25, 0.3) is 0 Å². The fraction of sp³-hybridized carbons (Fsp3) is 1.00. The van der Waals surface area contributed by atoms with E-state index in [1.54, 1.807) is 0 Å². The minimum Gasteiger partial charge on any atom is -0.376 e. The van der Waals surface area contributed by atoms with Crippen molar-refractivity contribution in [2.24, 2.45) is 29.6 Å². The molecule has 0 heterocycles. The molecule has 0 radical (unpaired) electrons. The van der Waals surface area contributed by atoms with Crippen molar-refractivity contribution >= 4 is 0 Å². The quantitative estimate of drug-likeness (QED) is 0.689. The van der Waals surface area contributed by atoms with Gasteiger partial charge in [0.15, 0.2) is 0 Å². The fourth-order valence-corrected chi connectivity index (χ4v) is 4.40. The molecule has 0 aromatic heterocycles. The van der Waals surface area contributed by atoms with Gasteiger partial charge in [0.05, 0.1) is 5.60 Å². The molecule has 0 aromatic rings. The third-order valence-electron chi connectivity index (χ3n) is 5.00. The molecule has 2 saturated carbocycles. The SMILES string of the molecule is CCOC(C)(C)C1CC(C)C2C(C)CC21. The van der Waals surface area contributed by atoms with E-state index in [1.165, 1.54) is 12.8 Å². The van der Waals surface area contributed by atoms with Gasteiger partial charge in [0.25, 0.3) is 0 Å². The molecule has 0 N–H and O–H groups in total. The lowest BCUT2D eigenvalue weighted by Gasteiger charge is -2.46. The second kappa shape index (κ2) is 3.76. The summed E-state index contributed by atoms with van der Waals surface area (Å²) in [7, 11) is 0. The van der Waals surface area contributed by atoms with Crippen molar-refractivity contribution in [1.82, 2.24) is 0 Å². The summed E-state index contributed by atoms with van der Waals surface area (Å²) in [6.07, 6.45) is 2.82. The first kappa shape index (κ1) is 11.4. The van der Waals surface area contributed by atoms with Crippen molar-refractivity contribution in [2.45, 2.75) is 53.1 Å². The smallest absolute Gasteiger partial charge is 0.0657 e. The van der Waals surface area contributed by atoms with Gasteiger partial charge >= 0.3 is 0 Å². The van der Waals surface area contributed by atoms with Crippen LogP contribution < -0.4 is 0 Å². The van der Waals surface area contributed by atoms with Crippen molar-refractivity contribution < 1.29 is 4.74 Å². The van der Waals surface area contributed by atoms with Crippen molar-refractivity contribution in [1.29, 1.82) is 0 Å². The first-order chi connectivity index (χ1) is 6.97. The van der Waals surface area contributed by atoms with E-state index >= 15 is 0 Å². The Bertz CT molecular complexity index is 233. The molecule has 88 valence electrons. The standard InChI is InChI=1S/C14H26O/c1-6-15-14(4,5)12-8-10(3)13-9(2)7-11(12)13/h9-13H,6-8H2,1-5H3. The summed E-state index contributed by atoms with van der Waals surface area (Å²) >= 11 is 0. The monoisotopic (exact) mass is 210 g/mol. The molecule has 1 heteroatoms. The van der Waals surface area contributed by atoms with E-state index in [9.17, 15) is 0 Å². The maximum atomic E-state index is 5.95. The second-order valence-corrected chi connectivity index (χ2v) is 6.31. The van der Waals surface area contributed by atoms with E-state index in [0.29, 0.717) is 0 Å². The van der Waals surface area contributed by atoms with Gasteiger partial charge < -0.3 is 4.74 Å². The minimum atomic E-state index is 0.0998. The van der Waals surface area contributed by atoms with Crippen LogP contribution in [0.2, 0.25) is 0 Å². The number of hydrogen-bond acceptors (Lipinski definition) is 1. The highest BCUT2D eigenvalue weighted by molar-refractivity contribution is 5.04. The maximum Gasteiger partial charge on any atom is 0.0657 e. The van der Waals surface area contributed by atoms with Crippen molar-refractivity contribution in [2.75, 3.05) is 6.61 Å². The second-order valence-electron chi connectivity index (χ2n) is 6.31. The van der Waals surface area contributed by atoms with Crippen molar-refractivity contribution in [3.8, 4) is 0 Å². The summed E-state index contributed by atoms with van der Waals surface area (Å²) in [4.78, 5) is 0. The third-order valence-corrected chi connectivity index (χ3v) is 5.00. The lowest BCUT2D eigenvalue weighted by atomic mass is 9.61. The molecule has 2 fully saturated rings. The maximum absolute atomic E-state index is 5.95. The first-order valence-electron chi connectivity index (χ1n) is 6.61. The summed E-state index contributed by atoms with van der Waals surface area (Å²) in [5.41, 5.74) is 0.0998. The van der Waals surface area contributed by atoms with Crippen LogP contribution in [0.1, 0.15) is 47.5 Å². The zero-order valence-corrected chi connectivity index (χ0v) is 10.9. The molecule has 0 aliphatic heterocycles. The summed E-state index contributed by atoms with van der Waals surface area (Å²) in [5.74, 6) is 4.64. The van der Waals surface area contributed by atoms with Gasteiger partial charge in [-0.2, -0.15) is 0 Å². The topological polar surface area (TPSA) is 9.23 Å². The van der Waals surface area contributed by atoms with E-state index in [2.05, 4.69) is 34.6 Å². The lowest BCUT2D eigenvalue weighted by molar-refractivity contribution is -0.0870. The predicted octanol–water partition coefficient (Wildman–Crippen LogP) is 3.73. The summed E-state index contributed by atoms with van der Waals surface area (Å²) in [5, 5.41) is 0. The Labute approximate surface area is 94.6 Å². The molecule has 5 atom stereocenters. The van der Waals surface area contributed by atoms with Crippen molar-refractivity contribution in [3.05, 3.63) is 0 Å². The zero-order valence-electron chi connectivity index (χ0n) is 10.9. The van der Waals surface area contributed by atoms with Gasteiger partial charge in [0.2, 0.25) is 0 Å². The predicted molar refractivity (Wildman–Crippen MR) is 63.7 cm³/mol. The Morgan fingerprint density at radius 2 is 1.73 bits per heavy atom. The molecule has 0 amide bonds. The number of fused-ring (bicyclic) bond motifs is 1. The molecule has 0 aromatic carbocycles. The van der Waals surface area contributed by atoms with Crippen LogP contribution in [0.3, 0.4) is 0 Å². The molecule has 2 aliphatic carbocycles. The Morgan fingerprint density at radius 3 is 2.20 bits per heavy atom. The molecular formula is C14H26O. The minimum absolute atomic E-state index is 0.0998. The van der Waals surface area contributed by atoms with Crippen LogP contribution in [0.15, 0.2) is 0 Å². The van der Waals surface area contributed by atoms with E-state index in [1.807, 2.05) is 0 Å². The summed E-state index contributed by atoms with van der Waals surface area (Å²) in [6.45, 7) is 12.4. The Morgan fingerprint density at radius 1 is 1.13 bits per heavy atom. The number of hydrogen-bond donors (Lipinski definition) is 0. The van der Waals surface area contributed by atoms with E-state index in [0.717, 1.165) is 36.2 Å². The highest BCUT2D eigenvalue weighted by Gasteiger charge is 2.55. The average molecular weight is 210 g/mol. The Balaban J connectivity index is 2.06. The van der Waals surface area contributed by atoms with Crippen LogP contribution in [0, 0.1) is 29.6 Å². The molecule has 5 unspecified atom stereocenters. The van der Waals surface area contributed by atoms with Crippen LogP contribution >= 0.6 is 0 Å². The lowest BCUT2D eigenvalue weighted by Crippen LogP contribution is -2.43. The molecule has 0 spiro atoms. The van der Waals surface area contributed by atoms with Gasteiger partial charge in [-0.3, -0.25) is 0 Å². The average Bonchev–Trinajstić information content (AvgIpc) is 2.36. The fourth-order valence-electron chi connectivity index (χ4n) is 4.40. The molecule has 15 heavy (non-hydrogen) atoms. The molecule has 0 bridgehead atoms. The number of ether oxygens (including phenoxy) is 1. The van der Waals surface area contributed by atoms with Gasteiger partial charge in [-0.1, -0.05) is 13.8 Å². The van der Waals surface area contributed by atoms with E-state index in [-0.39, 0.29) is 5.60 Å². The Hall–Kier alpha value is -0.0400. The normalized spacial score (nSPS) is 45.0. The van der Waals surface area contributed by atoms with Gasteiger partial charge in [-0.25, -0.2) is 0 Å². The third kappa shape index (κ3) is 1.73. The molecular weight excluding hydrogens is 184 g/mol. The Kier molecular flexibility index (Phi) is 2.87. The molecule has 0 saturated heterocycles.